The molecule has 8 heteroatoms. The number of ketones is 1. The number of fused-ring (bicyclic) bond motifs is 1. The van der Waals surface area contributed by atoms with Gasteiger partial charge in [0, 0.05) is 30.5 Å². The number of hydrogen-bond acceptors (Lipinski definition) is 6. The lowest BCUT2D eigenvalue weighted by Crippen LogP contribution is -2.22. The molecule has 0 saturated heterocycles. The number of esters is 1. The number of benzene rings is 1. The molecule has 28 heavy (non-hydrogen) atoms. The number of Topliss-reactive ketones (excluding diaryl/α,β-unsaturated/α-hetero) is 1. The molecule has 0 spiro atoms. The molecule has 1 aliphatic rings. The zero-order valence-electron chi connectivity index (χ0n) is 15.4. The fourth-order valence-electron chi connectivity index (χ4n) is 2.82. The van der Waals surface area contributed by atoms with E-state index in [0.717, 1.165) is 10.4 Å². The lowest BCUT2D eigenvalue weighted by molar-refractivity contribution is -0.119. The van der Waals surface area contributed by atoms with Gasteiger partial charge in [0.05, 0.1) is 10.4 Å². The second-order valence-corrected chi connectivity index (χ2v) is 7.59. The van der Waals surface area contributed by atoms with Crippen LogP contribution in [0.5, 0.6) is 0 Å². The van der Waals surface area contributed by atoms with Gasteiger partial charge in [0.25, 0.3) is 0 Å². The van der Waals surface area contributed by atoms with Gasteiger partial charge in [0.15, 0.2) is 6.61 Å². The standard InChI is InChI=1S/C20H20N2O5S/c1-12(23)21-9-8-15-4-6-18(28-15)17(24)11-27-20(26)14-2-5-16-13(10-14)3-7-19(25)22-16/h2,4-6,10H,3,7-9,11H2,1H3,(H,21,23)(H,22,25). The molecule has 7 nitrogen and oxygen atoms in total. The van der Waals surface area contributed by atoms with Crippen LogP contribution in [0.1, 0.15) is 43.8 Å². The van der Waals surface area contributed by atoms with Gasteiger partial charge >= 0.3 is 5.97 Å². The maximum absolute atomic E-state index is 12.3. The fraction of sp³-hybridized carbons (Fsp3) is 0.300. The topological polar surface area (TPSA) is 102 Å². The Bertz CT molecular complexity index is 934. The Kier molecular flexibility index (Phi) is 6.20. The van der Waals surface area contributed by atoms with Crippen molar-refractivity contribution in [3.8, 4) is 0 Å². The summed E-state index contributed by atoms with van der Waals surface area (Å²) < 4.78 is 5.15. The number of aryl methyl sites for hydroxylation is 1. The molecule has 2 heterocycles. The van der Waals surface area contributed by atoms with Crippen LogP contribution in [0.3, 0.4) is 0 Å². The SMILES string of the molecule is CC(=O)NCCc1ccc(C(=O)COC(=O)c2ccc3c(c2)CCC(=O)N3)s1. The molecule has 2 N–H and O–H groups in total. The van der Waals surface area contributed by atoms with Crippen LogP contribution in [0.15, 0.2) is 30.3 Å². The number of ether oxygens (including phenoxy) is 1. The lowest BCUT2D eigenvalue weighted by atomic mass is 10.0. The number of anilines is 1. The molecule has 0 radical (unpaired) electrons. The molecule has 0 bridgehead atoms. The van der Waals surface area contributed by atoms with Crippen LogP contribution >= 0.6 is 11.3 Å². The predicted octanol–water partition coefficient (Wildman–Crippen LogP) is 2.35. The minimum absolute atomic E-state index is 0.0409. The summed E-state index contributed by atoms with van der Waals surface area (Å²) in [5.41, 5.74) is 1.93. The number of carbonyl (C=O) groups excluding carboxylic acids is 4. The normalized spacial score (nSPS) is 12.7. The van der Waals surface area contributed by atoms with Gasteiger partial charge in [-0.2, -0.15) is 0 Å². The van der Waals surface area contributed by atoms with Gasteiger partial charge in [-0.05, 0) is 48.7 Å². The highest BCUT2D eigenvalue weighted by atomic mass is 32.1. The molecule has 146 valence electrons. The number of nitrogens with one attached hydrogen (secondary N) is 2. The van der Waals surface area contributed by atoms with Crippen molar-refractivity contribution in [2.24, 2.45) is 0 Å². The zero-order valence-corrected chi connectivity index (χ0v) is 16.2. The van der Waals surface area contributed by atoms with Gasteiger partial charge in [-0.3, -0.25) is 14.4 Å². The third-order valence-corrected chi connectivity index (χ3v) is 5.44. The van der Waals surface area contributed by atoms with E-state index in [1.54, 1.807) is 24.3 Å². The first kappa shape index (κ1) is 19.8. The zero-order chi connectivity index (χ0) is 20.1. The molecule has 0 aliphatic carbocycles. The summed E-state index contributed by atoms with van der Waals surface area (Å²) in [6.07, 6.45) is 1.59. The van der Waals surface area contributed by atoms with E-state index in [-0.39, 0.29) is 24.2 Å². The van der Waals surface area contributed by atoms with E-state index in [2.05, 4.69) is 10.6 Å². The number of carbonyl (C=O) groups is 4. The van der Waals surface area contributed by atoms with Crippen molar-refractivity contribution >= 4 is 40.6 Å². The van der Waals surface area contributed by atoms with Gasteiger partial charge < -0.3 is 15.4 Å². The summed E-state index contributed by atoms with van der Waals surface area (Å²) in [6, 6.07) is 8.46. The maximum atomic E-state index is 12.3. The molecule has 0 saturated carbocycles. The highest BCUT2D eigenvalue weighted by Gasteiger charge is 2.18. The first-order chi connectivity index (χ1) is 13.4. The Hall–Kier alpha value is -3.00. The molecular weight excluding hydrogens is 380 g/mol. The molecule has 1 aromatic carbocycles. The number of amides is 2. The number of rotatable bonds is 7. The van der Waals surface area contributed by atoms with E-state index in [4.69, 9.17) is 4.74 Å². The molecule has 0 fully saturated rings. The fourth-order valence-corrected chi connectivity index (χ4v) is 3.75. The van der Waals surface area contributed by atoms with Gasteiger partial charge in [0.1, 0.15) is 0 Å². The van der Waals surface area contributed by atoms with Crippen molar-refractivity contribution in [1.82, 2.24) is 5.32 Å². The van der Waals surface area contributed by atoms with Crippen LogP contribution in [0.25, 0.3) is 0 Å². The Balaban J connectivity index is 1.53. The summed E-state index contributed by atoms with van der Waals surface area (Å²) in [5.74, 6) is -0.977. The van der Waals surface area contributed by atoms with Gasteiger partial charge in [0.2, 0.25) is 17.6 Å². The number of hydrogen-bond donors (Lipinski definition) is 2. The summed E-state index contributed by atoms with van der Waals surface area (Å²) in [6.45, 7) is 1.63. The van der Waals surface area contributed by atoms with Crippen LogP contribution in [-0.2, 0) is 27.2 Å². The average molecular weight is 400 g/mol. The minimum atomic E-state index is -0.574. The van der Waals surface area contributed by atoms with E-state index in [1.165, 1.54) is 18.3 Å². The summed E-state index contributed by atoms with van der Waals surface area (Å²) >= 11 is 1.33. The second kappa shape index (κ2) is 8.79. The molecule has 2 amide bonds. The molecule has 1 aromatic heterocycles. The quantitative estimate of drug-likeness (QED) is 0.549. The monoisotopic (exact) mass is 400 g/mol. The predicted molar refractivity (Wildman–Crippen MR) is 105 cm³/mol. The Labute approximate surface area is 166 Å². The van der Waals surface area contributed by atoms with E-state index < -0.39 is 5.97 Å². The second-order valence-electron chi connectivity index (χ2n) is 6.42. The molecule has 0 atom stereocenters. The molecule has 2 aromatic rings. The molecule has 1 aliphatic heterocycles. The Morgan fingerprint density at radius 2 is 2.00 bits per heavy atom. The van der Waals surface area contributed by atoms with E-state index in [1.807, 2.05) is 6.07 Å². The lowest BCUT2D eigenvalue weighted by Gasteiger charge is -2.17. The van der Waals surface area contributed by atoms with E-state index in [9.17, 15) is 19.2 Å². The first-order valence-electron chi connectivity index (χ1n) is 8.88. The van der Waals surface area contributed by atoms with Crippen molar-refractivity contribution in [2.45, 2.75) is 26.2 Å². The van der Waals surface area contributed by atoms with Gasteiger partial charge in [-0.25, -0.2) is 4.79 Å². The van der Waals surface area contributed by atoms with Crippen LogP contribution in [0.4, 0.5) is 5.69 Å². The molecule has 0 unspecified atom stereocenters. The van der Waals surface area contributed by atoms with Crippen LogP contribution < -0.4 is 10.6 Å². The first-order valence-corrected chi connectivity index (χ1v) is 9.70. The summed E-state index contributed by atoms with van der Waals surface area (Å²) in [5, 5.41) is 5.46. The maximum Gasteiger partial charge on any atom is 0.338 e. The largest absolute Gasteiger partial charge is 0.454 e. The van der Waals surface area contributed by atoms with Crippen LogP contribution in [0.2, 0.25) is 0 Å². The summed E-state index contributed by atoms with van der Waals surface area (Å²) in [4.78, 5) is 48.3. The van der Waals surface area contributed by atoms with Gasteiger partial charge in [-0.15, -0.1) is 11.3 Å². The summed E-state index contributed by atoms with van der Waals surface area (Å²) in [7, 11) is 0. The Morgan fingerprint density at radius 3 is 2.79 bits per heavy atom. The molecular formula is C20H20N2O5S. The number of thiophene rings is 1. The highest BCUT2D eigenvalue weighted by molar-refractivity contribution is 7.14. The van der Waals surface area contributed by atoms with Crippen molar-refractivity contribution < 1.29 is 23.9 Å². The minimum Gasteiger partial charge on any atom is -0.454 e. The van der Waals surface area contributed by atoms with Crippen molar-refractivity contribution in [3.63, 3.8) is 0 Å². The van der Waals surface area contributed by atoms with Crippen molar-refractivity contribution in [1.29, 1.82) is 0 Å². The van der Waals surface area contributed by atoms with Crippen molar-refractivity contribution in [2.75, 3.05) is 18.5 Å². The van der Waals surface area contributed by atoms with Crippen LogP contribution in [0, 0.1) is 0 Å². The van der Waals surface area contributed by atoms with Gasteiger partial charge in [-0.1, -0.05) is 0 Å². The Morgan fingerprint density at radius 1 is 1.18 bits per heavy atom. The van der Waals surface area contributed by atoms with Crippen LogP contribution in [-0.4, -0.2) is 36.7 Å². The van der Waals surface area contributed by atoms with E-state index in [0.29, 0.717) is 41.9 Å². The van der Waals surface area contributed by atoms with E-state index >= 15 is 0 Å². The van der Waals surface area contributed by atoms with Crippen molar-refractivity contribution in [3.05, 3.63) is 51.2 Å². The highest BCUT2D eigenvalue weighted by Crippen LogP contribution is 2.24. The smallest absolute Gasteiger partial charge is 0.338 e. The third-order valence-electron chi connectivity index (χ3n) is 4.25. The molecule has 3 rings (SSSR count). The third kappa shape index (κ3) is 5.04. The average Bonchev–Trinajstić information content (AvgIpc) is 3.14.